The molecule has 0 saturated carbocycles. The van der Waals surface area contributed by atoms with Crippen molar-refractivity contribution in [3.05, 3.63) is 71.9 Å². The summed E-state index contributed by atoms with van der Waals surface area (Å²) >= 11 is 0. The second kappa shape index (κ2) is 48.3. The molecule has 0 radical (unpaired) electrons. The van der Waals surface area contributed by atoms with Crippen LogP contribution < -0.4 is 86.3 Å². The summed E-state index contributed by atoms with van der Waals surface area (Å²) < 4.78 is 0. The lowest BCUT2D eigenvalue weighted by molar-refractivity contribution is -0.142. The first kappa shape index (κ1) is 94.0. The van der Waals surface area contributed by atoms with Crippen LogP contribution in [0, 0.1) is 23.7 Å². The smallest absolute Gasteiger partial charge is 0.325 e. The van der Waals surface area contributed by atoms with Gasteiger partial charge in [0.25, 0.3) is 0 Å². The largest absolute Gasteiger partial charge is 0.481 e. The molecule has 37 nitrogen and oxygen atoms in total. The Morgan fingerprint density at radius 3 is 1.36 bits per heavy atom. The molecule has 13 amide bonds. The summed E-state index contributed by atoms with van der Waals surface area (Å²) in [6.45, 7) is 11.4. The first-order valence-electron chi connectivity index (χ1n) is 37.0. The number of aliphatic carboxylic acids is 2. The SMILES string of the molecule is CC[C@@H](C)CC[C@H](O)CC(=O)N[C@@H](C(=O)N[C@H](CCN)C(=O)NCC(=O)N[C@H](CO)C(=O)N[C@H](Cc1c[nH]c2ccccc12)C(=O)N[C@@H](CO)C(=O)N[C@@H](CCN)C(=O)N[C@H](CCN)C(=O)N[C@@H](Cc1ccccc1)C(=O)N[C@@H](CCC(=O)O)C(=O)N[C@H](C(=O)N[C@@H](C(=O)N[C@@H](C)C(=O)O)[C@@H](C)CC)C(C)C)C(C)C. The maximum atomic E-state index is 14.5. The zero-order valence-corrected chi connectivity index (χ0v) is 63.9. The van der Waals surface area contributed by atoms with Gasteiger partial charge in [0.15, 0.2) is 0 Å². The number of aliphatic hydroxyl groups excluding tert-OH is 3. The zero-order valence-electron chi connectivity index (χ0n) is 63.9. The van der Waals surface area contributed by atoms with Crippen molar-refractivity contribution >= 4 is 99.6 Å². The van der Waals surface area contributed by atoms with Crippen molar-refractivity contribution < 1.29 is 97.5 Å². The van der Waals surface area contributed by atoms with Crippen LogP contribution in [0.2, 0.25) is 0 Å². The van der Waals surface area contributed by atoms with Gasteiger partial charge in [0.05, 0.1) is 32.3 Å². The summed E-state index contributed by atoms with van der Waals surface area (Å²) in [7, 11) is 0. The third kappa shape index (κ3) is 31.8. The fraction of sp³-hybridized carbons (Fsp3) is 0.603. The number of nitrogens with one attached hydrogen (secondary N) is 14. The predicted molar refractivity (Wildman–Crippen MR) is 402 cm³/mol. The minimum absolute atomic E-state index is 0.109. The van der Waals surface area contributed by atoms with E-state index >= 15 is 0 Å². The molecule has 1 heterocycles. The highest BCUT2D eigenvalue weighted by Crippen LogP contribution is 2.21. The van der Waals surface area contributed by atoms with E-state index in [-0.39, 0.29) is 58.2 Å². The first-order valence-corrected chi connectivity index (χ1v) is 37.0. The van der Waals surface area contributed by atoms with E-state index in [9.17, 15) is 97.5 Å². The number of aliphatic hydroxyl groups is 3. The lowest BCUT2D eigenvalue weighted by Gasteiger charge is -2.30. The van der Waals surface area contributed by atoms with Crippen LogP contribution in [0.3, 0.4) is 0 Å². The number of para-hydroxylation sites is 1. The summed E-state index contributed by atoms with van der Waals surface area (Å²) in [4.78, 5) is 207. The van der Waals surface area contributed by atoms with Gasteiger partial charge in [-0.1, -0.05) is 117 Å². The normalized spacial score (nSPS) is 15.4. The molecule has 15 atom stereocenters. The number of H-pyrrole nitrogens is 1. The van der Waals surface area contributed by atoms with Crippen LogP contribution in [-0.2, 0) is 84.8 Å². The molecule has 0 fully saturated rings. The van der Waals surface area contributed by atoms with Gasteiger partial charge in [0.2, 0.25) is 76.8 Å². The van der Waals surface area contributed by atoms with E-state index in [1.165, 1.54) is 13.1 Å². The molecule has 1 aromatic heterocycles. The van der Waals surface area contributed by atoms with Crippen molar-refractivity contribution in [2.75, 3.05) is 39.4 Å². The van der Waals surface area contributed by atoms with Gasteiger partial charge >= 0.3 is 11.9 Å². The number of carbonyl (C=O) groups is 15. The van der Waals surface area contributed by atoms with Crippen LogP contribution in [-0.4, -0.2) is 237 Å². The van der Waals surface area contributed by atoms with Gasteiger partial charge in [-0.15, -0.1) is 0 Å². The second-order valence-electron chi connectivity index (χ2n) is 28.0. The first-order chi connectivity index (χ1) is 52.1. The summed E-state index contributed by atoms with van der Waals surface area (Å²) in [5, 5.41) is 83.3. The van der Waals surface area contributed by atoms with Crippen molar-refractivity contribution in [1.82, 2.24) is 74.1 Å². The highest BCUT2D eigenvalue weighted by Gasteiger charge is 2.38. The number of hydrogen-bond donors (Lipinski definition) is 22. The fourth-order valence-corrected chi connectivity index (χ4v) is 11.3. The van der Waals surface area contributed by atoms with Crippen molar-refractivity contribution in [3.63, 3.8) is 0 Å². The zero-order chi connectivity index (χ0) is 82.5. The number of carbonyl (C=O) groups excluding carboxylic acids is 13. The van der Waals surface area contributed by atoms with Crippen LogP contribution in [0.4, 0.5) is 0 Å². The van der Waals surface area contributed by atoms with Crippen molar-refractivity contribution in [3.8, 4) is 0 Å². The topological polar surface area (TPSA) is 607 Å². The summed E-state index contributed by atoms with van der Waals surface area (Å²) in [5.74, 6) is -16.6. The number of carboxylic acid groups (broad SMARTS) is 2. The van der Waals surface area contributed by atoms with Gasteiger partial charge < -0.3 is 117 Å². The maximum Gasteiger partial charge on any atom is 0.325 e. The Hall–Kier alpha value is -10.2. The number of hydrogen-bond acceptors (Lipinski definition) is 21. The number of fused-ring (bicyclic) bond motifs is 1. The molecule has 110 heavy (non-hydrogen) atoms. The van der Waals surface area contributed by atoms with Gasteiger partial charge in [-0.05, 0) is 106 Å². The Balaban J connectivity index is 1.85. The van der Waals surface area contributed by atoms with Gasteiger partial charge in [-0.2, -0.15) is 0 Å². The number of benzene rings is 2. The fourth-order valence-electron chi connectivity index (χ4n) is 11.3. The molecule has 3 aromatic rings. The highest BCUT2D eigenvalue weighted by molar-refractivity contribution is 6.00. The Labute approximate surface area is 638 Å². The Morgan fingerprint density at radius 2 is 0.855 bits per heavy atom. The average molecular weight is 1550 g/mol. The number of carboxylic acids is 2. The molecular formula is C73H115N17O20. The number of rotatable bonds is 51. The lowest BCUT2D eigenvalue weighted by Crippen LogP contribution is -2.62. The standard InChI is InChI=1S/C73H115N17O20/c1-10-40(7)21-22-45(93)33-56(94)88-59(38(3)4)70(106)84-49(25-28-74)62(98)78-35-57(95)80-54(36-91)68(104)86-53(32-44-34-77-47-20-16-15-19-46(44)47)67(103)87-55(37-92)69(105)83-50(26-29-75)63(99)82-51(27-30-76)64(100)85-52(31-43-17-13-12-14-18-43)66(102)81-48(23-24-58(96)97)65(101)89-60(39(5)6)71(107)90-61(41(8)11-2)72(108)79-42(9)73(109)110/h12-20,34,38-42,45,48-55,59-61,77,91-93H,10-11,21-33,35-37,74-76H2,1-9H3,(H,78,98)(H,79,108)(H,80,95)(H,81,102)(H,82,99)(H,83,105)(H,84,106)(H,85,100)(H,86,104)(H,87,103)(H,88,94)(H,89,101)(H,90,107)(H,96,97)(H,109,110)/t40-,41+,42+,45+,48+,49-,50+,51-,52+,53-,54-,55+,59-,60+,61-/m1/s1. The average Bonchev–Trinajstić information content (AvgIpc) is 1.66. The molecule has 0 spiro atoms. The highest BCUT2D eigenvalue weighted by atomic mass is 16.4. The second-order valence-corrected chi connectivity index (χ2v) is 28.0. The number of aromatic nitrogens is 1. The van der Waals surface area contributed by atoms with Crippen LogP contribution in [0.1, 0.15) is 138 Å². The Morgan fingerprint density at radius 1 is 0.427 bits per heavy atom. The van der Waals surface area contributed by atoms with Gasteiger partial charge in [-0.3, -0.25) is 71.9 Å². The monoisotopic (exact) mass is 1550 g/mol. The van der Waals surface area contributed by atoms with E-state index in [0.717, 1.165) is 6.42 Å². The van der Waals surface area contributed by atoms with E-state index in [1.807, 2.05) is 13.8 Å². The van der Waals surface area contributed by atoms with Crippen molar-refractivity contribution in [2.24, 2.45) is 40.9 Å². The number of aromatic amines is 1. The van der Waals surface area contributed by atoms with Crippen LogP contribution in [0.5, 0.6) is 0 Å². The molecule has 3 rings (SSSR count). The number of amides is 13. The minimum Gasteiger partial charge on any atom is -0.481 e. The van der Waals surface area contributed by atoms with E-state index < -0.39 is 218 Å². The third-order valence-corrected chi connectivity index (χ3v) is 18.4. The Kier molecular flexibility index (Phi) is 41.3. The minimum atomic E-state index is -1.88. The van der Waals surface area contributed by atoms with Gasteiger partial charge in [0, 0.05) is 36.4 Å². The van der Waals surface area contributed by atoms with Gasteiger partial charge in [0.1, 0.15) is 72.5 Å². The molecular weight excluding hydrogens is 1430 g/mol. The molecule has 37 heteroatoms. The molecule has 0 bridgehead atoms. The summed E-state index contributed by atoms with van der Waals surface area (Å²) in [6.07, 6.45) is 0.102. The van der Waals surface area contributed by atoms with E-state index in [4.69, 9.17) is 17.2 Å². The number of nitrogens with two attached hydrogens (primary N) is 3. The van der Waals surface area contributed by atoms with E-state index in [2.05, 4.69) is 74.1 Å². The molecule has 0 saturated heterocycles. The Bertz CT molecular complexity index is 3560. The third-order valence-electron chi connectivity index (χ3n) is 18.4. The molecule has 2 aromatic carbocycles. The molecule has 612 valence electrons. The van der Waals surface area contributed by atoms with Crippen LogP contribution in [0.15, 0.2) is 60.8 Å². The predicted octanol–water partition coefficient (Wildman–Crippen LogP) is -4.18. The van der Waals surface area contributed by atoms with Crippen molar-refractivity contribution in [1.29, 1.82) is 0 Å². The van der Waals surface area contributed by atoms with E-state index in [1.54, 1.807) is 96.1 Å². The molecule has 0 aliphatic carbocycles. The maximum absolute atomic E-state index is 14.5. The lowest BCUT2D eigenvalue weighted by atomic mass is 9.96. The quantitative estimate of drug-likeness (QED) is 0.0255. The van der Waals surface area contributed by atoms with Gasteiger partial charge in [-0.25, -0.2) is 0 Å². The molecule has 0 aliphatic heterocycles. The molecule has 25 N–H and O–H groups in total. The van der Waals surface area contributed by atoms with Crippen LogP contribution in [0.25, 0.3) is 10.9 Å². The summed E-state index contributed by atoms with van der Waals surface area (Å²) in [6, 6.07) is -3.23. The van der Waals surface area contributed by atoms with Crippen LogP contribution >= 0.6 is 0 Å². The molecule has 0 unspecified atom stereocenters. The summed E-state index contributed by atoms with van der Waals surface area (Å²) in [5.41, 5.74) is 19.2. The van der Waals surface area contributed by atoms with Crippen molar-refractivity contribution in [2.45, 2.75) is 218 Å². The molecule has 0 aliphatic rings. The van der Waals surface area contributed by atoms with E-state index in [0.29, 0.717) is 47.2 Å².